The largest absolute Gasteiger partial charge is 0.357 e. The second kappa shape index (κ2) is 6.19. The van der Waals surface area contributed by atoms with Gasteiger partial charge >= 0.3 is 0 Å². The molecule has 5 heteroatoms. The molecular weight excluding hydrogens is 309 g/mol. The number of thiocarbonyl (C=S) groups is 1. The zero-order valence-corrected chi connectivity index (χ0v) is 13.9. The summed E-state index contributed by atoms with van der Waals surface area (Å²) < 4.78 is 12.9. The molecule has 0 atom stereocenters. The molecule has 1 aromatic rings. The van der Waals surface area contributed by atoms with Gasteiger partial charge < -0.3 is 5.32 Å². The highest BCUT2D eigenvalue weighted by molar-refractivity contribution is 7.80. The van der Waals surface area contributed by atoms with Gasteiger partial charge in [0.25, 0.3) is 0 Å². The molecular formula is C18H22FN3S. The van der Waals surface area contributed by atoms with Crippen LogP contribution in [0.3, 0.4) is 0 Å². The highest BCUT2D eigenvalue weighted by atomic mass is 32.1. The smallest absolute Gasteiger partial charge is 0.187 e. The minimum absolute atomic E-state index is 0.220. The van der Waals surface area contributed by atoms with Crippen molar-refractivity contribution in [3.8, 4) is 0 Å². The summed E-state index contributed by atoms with van der Waals surface area (Å²) in [5, 5.41) is 8.32. The van der Waals surface area contributed by atoms with E-state index in [1.54, 1.807) is 12.1 Å². The van der Waals surface area contributed by atoms with Crippen molar-refractivity contribution >= 4 is 23.0 Å². The Balaban J connectivity index is 1.31. The summed E-state index contributed by atoms with van der Waals surface area (Å²) in [5.74, 6) is 3.03. The summed E-state index contributed by atoms with van der Waals surface area (Å²) in [6, 6.07) is 6.44. The summed E-state index contributed by atoms with van der Waals surface area (Å²) in [5.41, 5.74) is 5.37. The summed E-state index contributed by atoms with van der Waals surface area (Å²) in [7, 11) is 0. The van der Waals surface area contributed by atoms with Gasteiger partial charge in [0.05, 0.1) is 0 Å². The van der Waals surface area contributed by atoms with Crippen LogP contribution >= 0.6 is 12.2 Å². The normalized spacial score (nSPS) is 31.1. The average molecular weight is 331 g/mol. The minimum atomic E-state index is -0.220. The van der Waals surface area contributed by atoms with E-state index >= 15 is 0 Å². The van der Waals surface area contributed by atoms with Crippen LogP contribution in [0.1, 0.15) is 37.7 Å². The van der Waals surface area contributed by atoms with Crippen LogP contribution in [0.5, 0.6) is 0 Å². The van der Waals surface area contributed by atoms with Gasteiger partial charge in [-0.3, -0.25) is 5.43 Å². The molecule has 4 fully saturated rings. The first kappa shape index (κ1) is 15.1. The highest BCUT2D eigenvalue weighted by Crippen LogP contribution is 2.52. The van der Waals surface area contributed by atoms with Gasteiger partial charge in [-0.15, -0.1) is 0 Å². The maximum atomic E-state index is 12.9. The lowest BCUT2D eigenvalue weighted by atomic mass is 9.55. The van der Waals surface area contributed by atoms with E-state index in [4.69, 9.17) is 12.2 Å². The van der Waals surface area contributed by atoms with Gasteiger partial charge in [-0.2, -0.15) is 5.10 Å². The Labute approximate surface area is 141 Å². The van der Waals surface area contributed by atoms with Crippen LogP contribution in [0.2, 0.25) is 0 Å². The number of nitrogens with zero attached hydrogens (tertiary/aromatic N) is 1. The van der Waals surface area contributed by atoms with Crippen molar-refractivity contribution < 1.29 is 4.39 Å². The Kier molecular flexibility index (Phi) is 4.05. The molecule has 122 valence electrons. The first-order valence-electron chi connectivity index (χ1n) is 8.53. The van der Waals surface area contributed by atoms with Crippen molar-refractivity contribution in [1.82, 2.24) is 10.7 Å². The van der Waals surface area contributed by atoms with Gasteiger partial charge in [0.1, 0.15) is 5.82 Å². The monoisotopic (exact) mass is 331 g/mol. The van der Waals surface area contributed by atoms with Gasteiger partial charge in [0, 0.05) is 12.3 Å². The van der Waals surface area contributed by atoms with Crippen LogP contribution in [-0.4, -0.2) is 10.8 Å². The van der Waals surface area contributed by atoms with Crippen LogP contribution in [0, 0.1) is 29.5 Å². The SMILES string of the molecule is Fc1ccc(CNC(=S)NN=C2C3CC4CC(C3)CC2C4)cc1. The molecule has 1 aromatic carbocycles. The fourth-order valence-electron chi connectivity index (χ4n) is 4.79. The van der Waals surface area contributed by atoms with Crippen molar-refractivity contribution in [3.05, 3.63) is 35.6 Å². The van der Waals surface area contributed by atoms with E-state index in [1.165, 1.54) is 49.9 Å². The van der Waals surface area contributed by atoms with Crippen LogP contribution in [0.15, 0.2) is 29.4 Å². The number of hydrazone groups is 1. The number of halogens is 1. The van der Waals surface area contributed by atoms with Gasteiger partial charge in [-0.25, -0.2) is 4.39 Å². The fraction of sp³-hybridized carbons (Fsp3) is 0.556. The van der Waals surface area contributed by atoms with E-state index in [2.05, 4.69) is 15.8 Å². The number of benzene rings is 1. The van der Waals surface area contributed by atoms with E-state index in [1.807, 2.05) is 0 Å². The number of rotatable bonds is 3. The molecule has 0 radical (unpaired) electrons. The molecule has 4 saturated carbocycles. The van der Waals surface area contributed by atoms with Gasteiger partial charge in [-0.05, 0) is 85.7 Å². The van der Waals surface area contributed by atoms with Gasteiger partial charge in [-0.1, -0.05) is 12.1 Å². The van der Waals surface area contributed by atoms with E-state index in [9.17, 15) is 4.39 Å². The third-order valence-corrected chi connectivity index (χ3v) is 5.86. The van der Waals surface area contributed by atoms with E-state index < -0.39 is 0 Å². The van der Waals surface area contributed by atoms with Crippen molar-refractivity contribution in [2.24, 2.45) is 28.8 Å². The summed E-state index contributed by atoms with van der Waals surface area (Å²) >= 11 is 5.31. The zero-order valence-electron chi connectivity index (χ0n) is 13.1. The maximum absolute atomic E-state index is 12.9. The van der Waals surface area contributed by atoms with Crippen molar-refractivity contribution in [2.45, 2.75) is 38.6 Å². The molecule has 0 aliphatic heterocycles. The predicted octanol–water partition coefficient (Wildman–Crippen LogP) is 3.60. The molecule has 5 rings (SSSR count). The molecule has 0 heterocycles. The Bertz CT molecular complexity index is 596. The first-order valence-corrected chi connectivity index (χ1v) is 8.94. The molecule has 0 spiro atoms. The van der Waals surface area contributed by atoms with E-state index in [0.29, 0.717) is 23.5 Å². The van der Waals surface area contributed by atoms with Crippen LogP contribution in [0.4, 0.5) is 4.39 Å². The standard InChI is InChI=1S/C18H22FN3S/c19-16-3-1-11(2-4-16)10-20-18(23)22-21-17-14-6-12-5-13(8-14)9-15(17)7-12/h1-4,12-15H,5-10H2,(H2,20,22,23). The minimum Gasteiger partial charge on any atom is -0.357 e. The molecule has 3 nitrogen and oxygen atoms in total. The molecule has 4 aliphatic rings. The van der Waals surface area contributed by atoms with E-state index in [0.717, 1.165) is 17.4 Å². The fourth-order valence-corrected chi connectivity index (χ4v) is 4.91. The van der Waals surface area contributed by atoms with E-state index in [-0.39, 0.29) is 5.82 Å². The Morgan fingerprint density at radius 2 is 1.65 bits per heavy atom. The molecule has 0 saturated heterocycles. The van der Waals surface area contributed by atoms with Crippen molar-refractivity contribution in [1.29, 1.82) is 0 Å². The predicted molar refractivity (Wildman–Crippen MR) is 93.5 cm³/mol. The average Bonchev–Trinajstić information content (AvgIpc) is 2.53. The number of nitrogens with one attached hydrogen (secondary N) is 2. The second-order valence-corrected chi connectivity index (χ2v) is 7.67. The second-order valence-electron chi connectivity index (χ2n) is 7.26. The lowest BCUT2D eigenvalue weighted by molar-refractivity contribution is 0.108. The van der Waals surface area contributed by atoms with Gasteiger partial charge in [0.2, 0.25) is 0 Å². The lowest BCUT2D eigenvalue weighted by Crippen LogP contribution is -2.46. The molecule has 0 aromatic heterocycles. The third-order valence-electron chi connectivity index (χ3n) is 5.63. The van der Waals surface area contributed by atoms with Crippen molar-refractivity contribution in [2.75, 3.05) is 0 Å². The summed E-state index contributed by atoms with van der Waals surface area (Å²) in [4.78, 5) is 0. The molecule has 4 aliphatic carbocycles. The van der Waals surface area contributed by atoms with Crippen molar-refractivity contribution in [3.63, 3.8) is 0 Å². The molecule has 0 amide bonds. The highest BCUT2D eigenvalue weighted by Gasteiger charge is 2.46. The summed E-state index contributed by atoms with van der Waals surface area (Å²) in [6.07, 6.45) is 6.74. The van der Waals surface area contributed by atoms with Gasteiger partial charge in [0.15, 0.2) is 5.11 Å². The van der Waals surface area contributed by atoms with Crippen LogP contribution in [0.25, 0.3) is 0 Å². The topological polar surface area (TPSA) is 36.4 Å². The zero-order chi connectivity index (χ0) is 15.8. The van der Waals surface area contributed by atoms with Crippen LogP contribution < -0.4 is 10.7 Å². The Hall–Kier alpha value is -1.49. The molecule has 0 unspecified atom stereocenters. The quantitative estimate of drug-likeness (QED) is 0.656. The lowest BCUT2D eigenvalue weighted by Gasteiger charge is -2.50. The number of hydrogen-bond acceptors (Lipinski definition) is 2. The number of hydrogen-bond donors (Lipinski definition) is 2. The first-order chi connectivity index (χ1) is 11.2. The van der Waals surface area contributed by atoms with Crippen LogP contribution in [-0.2, 0) is 6.54 Å². The molecule has 23 heavy (non-hydrogen) atoms. The molecule has 2 N–H and O–H groups in total. The molecule has 4 bridgehead atoms. The summed E-state index contributed by atoms with van der Waals surface area (Å²) in [6.45, 7) is 0.577. The third kappa shape index (κ3) is 3.25. The maximum Gasteiger partial charge on any atom is 0.187 e. The Morgan fingerprint density at radius 1 is 1.04 bits per heavy atom. The Morgan fingerprint density at radius 3 is 2.26 bits per heavy atom.